The lowest BCUT2D eigenvalue weighted by molar-refractivity contribution is 1.07. The van der Waals surface area contributed by atoms with Crippen LogP contribution in [-0.2, 0) is 13.1 Å². The molecular formula is C18H16N2. The van der Waals surface area contributed by atoms with Gasteiger partial charge >= 0.3 is 0 Å². The topological polar surface area (TPSA) is 52.0 Å². The second kappa shape index (κ2) is 7.16. The summed E-state index contributed by atoms with van der Waals surface area (Å²) in [6.45, 7) is 1.04. The normalized spacial score (nSPS) is 9.10. The molecule has 0 aliphatic heterocycles. The molecule has 0 aliphatic rings. The predicted octanol–water partition coefficient (Wildman–Crippen LogP) is 2.01. The average Bonchev–Trinajstić information content (AvgIpc) is 2.52. The summed E-state index contributed by atoms with van der Waals surface area (Å²) >= 11 is 0. The van der Waals surface area contributed by atoms with Gasteiger partial charge in [-0.3, -0.25) is 0 Å². The molecule has 0 aliphatic carbocycles. The largest absolute Gasteiger partial charge is 0.326 e. The Balaban J connectivity index is 2.12. The summed E-state index contributed by atoms with van der Waals surface area (Å²) in [6, 6.07) is 15.7. The molecule has 2 aromatic carbocycles. The minimum absolute atomic E-state index is 0.521. The summed E-state index contributed by atoms with van der Waals surface area (Å²) < 4.78 is 0. The van der Waals surface area contributed by atoms with Crippen LogP contribution in [0, 0.1) is 23.7 Å². The van der Waals surface area contributed by atoms with E-state index in [1.807, 2.05) is 48.5 Å². The highest BCUT2D eigenvalue weighted by Crippen LogP contribution is 2.03. The quantitative estimate of drug-likeness (QED) is 0.812. The lowest BCUT2D eigenvalue weighted by atomic mass is 10.1. The van der Waals surface area contributed by atoms with Crippen molar-refractivity contribution in [1.82, 2.24) is 0 Å². The van der Waals surface area contributed by atoms with Crippen LogP contribution < -0.4 is 11.5 Å². The number of benzene rings is 2. The smallest absolute Gasteiger partial charge is 0.0258 e. The zero-order chi connectivity index (χ0) is 14.2. The summed E-state index contributed by atoms with van der Waals surface area (Å²) in [7, 11) is 0. The molecule has 0 unspecified atom stereocenters. The first kappa shape index (κ1) is 13.9. The molecule has 4 N–H and O–H groups in total. The van der Waals surface area contributed by atoms with E-state index in [-0.39, 0.29) is 0 Å². The fourth-order valence-corrected chi connectivity index (χ4v) is 1.76. The van der Waals surface area contributed by atoms with Crippen molar-refractivity contribution in [2.24, 2.45) is 11.5 Å². The van der Waals surface area contributed by atoms with Crippen LogP contribution in [0.3, 0.4) is 0 Å². The molecular weight excluding hydrogens is 244 g/mol. The van der Waals surface area contributed by atoms with Crippen molar-refractivity contribution >= 4 is 0 Å². The van der Waals surface area contributed by atoms with Crippen LogP contribution >= 0.6 is 0 Å². The van der Waals surface area contributed by atoms with Gasteiger partial charge in [-0.25, -0.2) is 0 Å². The van der Waals surface area contributed by atoms with Crippen molar-refractivity contribution in [2.75, 3.05) is 0 Å². The Morgan fingerprint density at radius 1 is 0.700 bits per heavy atom. The zero-order valence-corrected chi connectivity index (χ0v) is 11.2. The number of hydrogen-bond acceptors (Lipinski definition) is 2. The van der Waals surface area contributed by atoms with Crippen molar-refractivity contribution in [2.45, 2.75) is 13.1 Å². The molecule has 0 saturated carbocycles. The Kier molecular flexibility index (Phi) is 4.98. The van der Waals surface area contributed by atoms with Crippen LogP contribution in [0.15, 0.2) is 48.5 Å². The zero-order valence-electron chi connectivity index (χ0n) is 11.2. The first-order valence-corrected chi connectivity index (χ1v) is 6.42. The van der Waals surface area contributed by atoms with Gasteiger partial charge < -0.3 is 11.5 Å². The fraction of sp³-hybridized carbons (Fsp3) is 0.111. The molecule has 0 fully saturated rings. The molecule has 0 saturated heterocycles. The SMILES string of the molecule is NCc1cccc(C#CC#Cc2cccc(CN)c2)c1. The Morgan fingerprint density at radius 3 is 1.55 bits per heavy atom. The fourth-order valence-electron chi connectivity index (χ4n) is 1.76. The van der Waals surface area contributed by atoms with Gasteiger partial charge in [-0.15, -0.1) is 0 Å². The monoisotopic (exact) mass is 260 g/mol. The van der Waals surface area contributed by atoms with E-state index in [1.54, 1.807) is 0 Å². The third kappa shape index (κ3) is 4.00. The minimum Gasteiger partial charge on any atom is -0.326 e. The lowest BCUT2D eigenvalue weighted by Gasteiger charge is -1.95. The summed E-state index contributed by atoms with van der Waals surface area (Å²) in [4.78, 5) is 0. The van der Waals surface area contributed by atoms with Gasteiger partial charge in [0, 0.05) is 24.2 Å². The van der Waals surface area contributed by atoms with E-state index < -0.39 is 0 Å². The molecule has 2 nitrogen and oxygen atoms in total. The summed E-state index contributed by atoms with van der Waals surface area (Å²) in [5.41, 5.74) is 15.2. The number of nitrogens with two attached hydrogens (primary N) is 2. The second-order valence-electron chi connectivity index (χ2n) is 4.31. The first-order valence-electron chi connectivity index (χ1n) is 6.42. The van der Waals surface area contributed by atoms with E-state index in [9.17, 15) is 0 Å². The van der Waals surface area contributed by atoms with Gasteiger partial charge in [-0.05, 0) is 47.2 Å². The van der Waals surface area contributed by atoms with Gasteiger partial charge in [0.2, 0.25) is 0 Å². The van der Waals surface area contributed by atoms with E-state index in [1.165, 1.54) is 0 Å². The highest BCUT2D eigenvalue weighted by atomic mass is 14.5. The van der Waals surface area contributed by atoms with Crippen LogP contribution in [0.4, 0.5) is 0 Å². The van der Waals surface area contributed by atoms with Gasteiger partial charge in [-0.1, -0.05) is 36.1 Å². The van der Waals surface area contributed by atoms with Crippen molar-refractivity contribution in [3.63, 3.8) is 0 Å². The highest BCUT2D eigenvalue weighted by Gasteiger charge is 1.90. The Morgan fingerprint density at radius 2 is 1.15 bits per heavy atom. The third-order valence-electron chi connectivity index (χ3n) is 2.80. The second-order valence-corrected chi connectivity index (χ2v) is 4.31. The molecule has 0 radical (unpaired) electrons. The van der Waals surface area contributed by atoms with Crippen LogP contribution in [0.25, 0.3) is 0 Å². The van der Waals surface area contributed by atoms with Gasteiger partial charge in [0.1, 0.15) is 0 Å². The van der Waals surface area contributed by atoms with Crippen molar-refractivity contribution < 1.29 is 0 Å². The maximum absolute atomic E-state index is 5.59. The Bertz CT molecular complexity index is 646. The molecule has 2 heteroatoms. The maximum Gasteiger partial charge on any atom is 0.0258 e. The summed E-state index contributed by atoms with van der Waals surface area (Å²) in [6.07, 6.45) is 0. The van der Waals surface area contributed by atoms with Gasteiger partial charge in [-0.2, -0.15) is 0 Å². The summed E-state index contributed by atoms with van der Waals surface area (Å²) in [5.74, 6) is 11.7. The van der Waals surface area contributed by atoms with E-state index in [0.717, 1.165) is 22.3 Å². The highest BCUT2D eigenvalue weighted by molar-refractivity contribution is 5.45. The van der Waals surface area contributed by atoms with Crippen molar-refractivity contribution in [3.05, 3.63) is 70.8 Å². The standard InChI is InChI=1S/C18H16N2/c19-13-17-9-3-7-15(11-17)5-1-2-6-16-8-4-10-18(12-16)14-20/h3-4,7-12H,13-14,19-20H2. The van der Waals surface area contributed by atoms with Crippen LogP contribution in [0.1, 0.15) is 22.3 Å². The average molecular weight is 260 g/mol. The van der Waals surface area contributed by atoms with Crippen molar-refractivity contribution in [3.8, 4) is 23.7 Å². The molecule has 0 bridgehead atoms. The maximum atomic E-state index is 5.59. The van der Waals surface area contributed by atoms with Gasteiger partial charge in [0.05, 0.1) is 0 Å². The van der Waals surface area contributed by atoms with Crippen molar-refractivity contribution in [1.29, 1.82) is 0 Å². The van der Waals surface area contributed by atoms with Crippen LogP contribution in [0.2, 0.25) is 0 Å². The van der Waals surface area contributed by atoms with Gasteiger partial charge in [0.15, 0.2) is 0 Å². The molecule has 2 aromatic rings. The van der Waals surface area contributed by atoms with E-state index in [2.05, 4.69) is 23.7 Å². The van der Waals surface area contributed by atoms with E-state index in [0.29, 0.717) is 13.1 Å². The molecule has 0 atom stereocenters. The van der Waals surface area contributed by atoms with Crippen LogP contribution in [-0.4, -0.2) is 0 Å². The van der Waals surface area contributed by atoms with E-state index >= 15 is 0 Å². The molecule has 98 valence electrons. The molecule has 0 spiro atoms. The lowest BCUT2D eigenvalue weighted by Crippen LogP contribution is -1.95. The molecule has 0 amide bonds. The first-order chi connectivity index (χ1) is 9.81. The van der Waals surface area contributed by atoms with Crippen LogP contribution in [0.5, 0.6) is 0 Å². The molecule has 2 rings (SSSR count). The van der Waals surface area contributed by atoms with Gasteiger partial charge in [0.25, 0.3) is 0 Å². The molecule has 20 heavy (non-hydrogen) atoms. The number of rotatable bonds is 2. The number of hydrogen-bond donors (Lipinski definition) is 2. The molecule has 0 heterocycles. The summed E-state index contributed by atoms with van der Waals surface area (Å²) in [5, 5.41) is 0. The molecule has 0 aromatic heterocycles. The third-order valence-corrected chi connectivity index (χ3v) is 2.80. The Labute approximate surface area is 119 Å². The predicted molar refractivity (Wildman–Crippen MR) is 82.4 cm³/mol. The van der Waals surface area contributed by atoms with E-state index in [4.69, 9.17) is 11.5 Å². The minimum atomic E-state index is 0.521. The Hall–Kier alpha value is -2.52.